The van der Waals surface area contributed by atoms with Crippen LogP contribution in [0.2, 0.25) is 0 Å². The van der Waals surface area contributed by atoms with Gasteiger partial charge in [-0.25, -0.2) is 8.42 Å². The molecule has 1 fully saturated rings. The Labute approximate surface area is 154 Å². The smallest absolute Gasteiger partial charge is 0.191 e. The number of hydrogen-bond donors (Lipinski definition) is 2. The van der Waals surface area contributed by atoms with Crippen molar-refractivity contribution in [3.05, 3.63) is 0 Å². The molecule has 1 aliphatic heterocycles. The van der Waals surface area contributed by atoms with Gasteiger partial charge < -0.3 is 10.6 Å². The Kier molecular flexibility index (Phi) is 9.79. The third kappa shape index (κ3) is 10.0. The summed E-state index contributed by atoms with van der Waals surface area (Å²) in [5, 5.41) is 6.63. The highest BCUT2D eigenvalue weighted by Crippen LogP contribution is 2.18. The zero-order valence-corrected chi connectivity index (χ0v) is 17.5. The van der Waals surface area contributed by atoms with Crippen molar-refractivity contribution < 1.29 is 8.42 Å². The summed E-state index contributed by atoms with van der Waals surface area (Å²) in [5.41, 5.74) is 0. The molecule has 2 N–H and O–H groups in total. The summed E-state index contributed by atoms with van der Waals surface area (Å²) in [4.78, 5) is 7.37. The molecule has 25 heavy (non-hydrogen) atoms. The maximum Gasteiger partial charge on any atom is 0.191 e. The lowest BCUT2D eigenvalue weighted by molar-refractivity contribution is 0.218. The van der Waals surface area contributed by atoms with E-state index in [0.29, 0.717) is 18.4 Å². The standard InChI is InChI=1S/C18H38N4O2S/c1-6-19-18(21-16(4)9-12-25(5,23)24)20-14-17(13-15(2)3)22-10-7-8-11-22/h15-17H,6-14H2,1-5H3,(H2,19,20,21). The molecule has 0 aromatic rings. The molecule has 1 aliphatic rings. The van der Waals surface area contributed by atoms with Gasteiger partial charge in [0.05, 0.1) is 12.3 Å². The Morgan fingerprint density at radius 3 is 2.36 bits per heavy atom. The molecule has 7 heteroatoms. The molecule has 1 rings (SSSR count). The predicted octanol–water partition coefficient (Wildman–Crippen LogP) is 1.88. The molecule has 0 saturated carbocycles. The van der Waals surface area contributed by atoms with Gasteiger partial charge in [0, 0.05) is 24.9 Å². The molecule has 1 saturated heterocycles. The second kappa shape index (κ2) is 11.0. The molecular weight excluding hydrogens is 336 g/mol. The molecule has 0 radical (unpaired) electrons. The van der Waals surface area contributed by atoms with E-state index in [0.717, 1.165) is 25.5 Å². The second-order valence-electron chi connectivity index (χ2n) is 7.71. The van der Waals surface area contributed by atoms with Crippen LogP contribution in [0, 0.1) is 5.92 Å². The first-order valence-corrected chi connectivity index (χ1v) is 11.7. The third-order valence-corrected chi connectivity index (χ3v) is 5.49. The van der Waals surface area contributed by atoms with Gasteiger partial charge in [-0.05, 0) is 58.5 Å². The minimum atomic E-state index is -2.92. The van der Waals surface area contributed by atoms with E-state index in [1.807, 2.05) is 13.8 Å². The van der Waals surface area contributed by atoms with E-state index in [9.17, 15) is 8.42 Å². The Bertz CT molecular complexity index is 499. The molecular formula is C18H38N4O2S. The van der Waals surface area contributed by atoms with Crippen LogP contribution in [-0.4, -0.2) is 69.5 Å². The predicted molar refractivity (Wildman–Crippen MR) is 107 cm³/mol. The molecule has 148 valence electrons. The summed E-state index contributed by atoms with van der Waals surface area (Å²) >= 11 is 0. The topological polar surface area (TPSA) is 73.8 Å². The van der Waals surface area contributed by atoms with Gasteiger partial charge in [0.25, 0.3) is 0 Å². The largest absolute Gasteiger partial charge is 0.357 e. The first kappa shape index (κ1) is 22.2. The quantitative estimate of drug-likeness (QED) is 0.451. The van der Waals surface area contributed by atoms with Crippen LogP contribution in [0.5, 0.6) is 0 Å². The normalized spacial score (nSPS) is 19.2. The lowest BCUT2D eigenvalue weighted by Crippen LogP contribution is -2.44. The first-order valence-electron chi connectivity index (χ1n) is 9.68. The minimum absolute atomic E-state index is 0.0721. The third-order valence-electron chi connectivity index (χ3n) is 4.51. The van der Waals surface area contributed by atoms with Crippen LogP contribution in [0.15, 0.2) is 4.99 Å². The van der Waals surface area contributed by atoms with Crippen molar-refractivity contribution in [2.24, 2.45) is 10.9 Å². The molecule has 0 aromatic heterocycles. The van der Waals surface area contributed by atoms with Crippen LogP contribution >= 0.6 is 0 Å². The van der Waals surface area contributed by atoms with Crippen molar-refractivity contribution in [2.45, 2.75) is 65.5 Å². The fraction of sp³-hybridized carbons (Fsp3) is 0.944. The summed E-state index contributed by atoms with van der Waals surface area (Å²) < 4.78 is 22.7. The molecule has 0 amide bonds. The number of hydrogen-bond acceptors (Lipinski definition) is 4. The van der Waals surface area contributed by atoms with Crippen molar-refractivity contribution in [3.63, 3.8) is 0 Å². The average molecular weight is 375 g/mol. The van der Waals surface area contributed by atoms with E-state index in [4.69, 9.17) is 4.99 Å². The van der Waals surface area contributed by atoms with E-state index in [1.54, 1.807) is 0 Å². The van der Waals surface area contributed by atoms with E-state index >= 15 is 0 Å². The summed E-state index contributed by atoms with van der Waals surface area (Å²) in [7, 11) is -2.92. The molecule has 6 nitrogen and oxygen atoms in total. The summed E-state index contributed by atoms with van der Waals surface area (Å²) in [6.07, 6.45) is 5.61. The lowest BCUT2D eigenvalue weighted by atomic mass is 10.0. The van der Waals surface area contributed by atoms with Crippen molar-refractivity contribution in [2.75, 3.05) is 38.2 Å². The van der Waals surface area contributed by atoms with Crippen molar-refractivity contribution >= 4 is 15.8 Å². The summed E-state index contributed by atoms with van der Waals surface area (Å²) in [6, 6.07) is 0.562. The van der Waals surface area contributed by atoms with Gasteiger partial charge in [0.2, 0.25) is 0 Å². The van der Waals surface area contributed by atoms with Crippen LogP contribution in [0.3, 0.4) is 0 Å². The highest BCUT2D eigenvalue weighted by atomic mass is 32.2. The van der Waals surface area contributed by atoms with Gasteiger partial charge in [-0.2, -0.15) is 0 Å². The monoisotopic (exact) mass is 374 g/mol. The molecule has 0 aromatic carbocycles. The van der Waals surface area contributed by atoms with Gasteiger partial charge in [-0.15, -0.1) is 0 Å². The molecule has 1 heterocycles. The zero-order chi connectivity index (χ0) is 18.9. The fourth-order valence-corrected chi connectivity index (χ4v) is 3.98. The molecule has 2 unspecified atom stereocenters. The van der Waals surface area contributed by atoms with Gasteiger partial charge in [-0.1, -0.05) is 13.8 Å². The van der Waals surface area contributed by atoms with Crippen LogP contribution in [0.25, 0.3) is 0 Å². The molecule has 2 atom stereocenters. The maximum atomic E-state index is 11.3. The van der Waals surface area contributed by atoms with Crippen LogP contribution in [-0.2, 0) is 9.84 Å². The highest BCUT2D eigenvalue weighted by Gasteiger charge is 2.22. The van der Waals surface area contributed by atoms with Gasteiger partial charge >= 0.3 is 0 Å². The molecule has 0 spiro atoms. The van der Waals surface area contributed by atoms with E-state index in [-0.39, 0.29) is 11.8 Å². The van der Waals surface area contributed by atoms with Crippen molar-refractivity contribution in [3.8, 4) is 0 Å². The van der Waals surface area contributed by atoms with Crippen molar-refractivity contribution in [1.82, 2.24) is 15.5 Å². The lowest BCUT2D eigenvalue weighted by Gasteiger charge is -2.28. The van der Waals surface area contributed by atoms with Crippen molar-refractivity contribution in [1.29, 1.82) is 0 Å². The zero-order valence-electron chi connectivity index (χ0n) is 16.7. The van der Waals surface area contributed by atoms with E-state index in [1.165, 1.54) is 32.2 Å². The van der Waals surface area contributed by atoms with Crippen LogP contribution in [0.1, 0.15) is 53.4 Å². The fourth-order valence-electron chi connectivity index (χ4n) is 3.20. The van der Waals surface area contributed by atoms with Crippen LogP contribution < -0.4 is 10.6 Å². The molecule has 0 aliphatic carbocycles. The number of sulfone groups is 1. The Morgan fingerprint density at radius 1 is 1.20 bits per heavy atom. The summed E-state index contributed by atoms with van der Waals surface area (Å²) in [6.45, 7) is 12.5. The number of likely N-dealkylation sites (tertiary alicyclic amines) is 1. The van der Waals surface area contributed by atoms with Gasteiger partial charge in [0.15, 0.2) is 5.96 Å². The van der Waals surface area contributed by atoms with Crippen LogP contribution in [0.4, 0.5) is 0 Å². The Balaban J connectivity index is 2.64. The maximum absolute atomic E-state index is 11.3. The first-order chi connectivity index (χ1) is 11.7. The van der Waals surface area contributed by atoms with Gasteiger partial charge in [0.1, 0.15) is 9.84 Å². The molecule has 0 bridgehead atoms. The number of guanidine groups is 1. The minimum Gasteiger partial charge on any atom is -0.357 e. The number of nitrogens with one attached hydrogen (secondary N) is 2. The van der Waals surface area contributed by atoms with E-state index < -0.39 is 9.84 Å². The Morgan fingerprint density at radius 2 is 1.84 bits per heavy atom. The number of nitrogens with zero attached hydrogens (tertiary/aromatic N) is 2. The van der Waals surface area contributed by atoms with E-state index in [2.05, 4.69) is 29.4 Å². The second-order valence-corrected chi connectivity index (χ2v) is 9.97. The highest BCUT2D eigenvalue weighted by molar-refractivity contribution is 7.90. The number of aliphatic imine (C=N–C) groups is 1. The SMILES string of the molecule is CCNC(=NCC(CC(C)C)N1CCCC1)NC(C)CCS(C)(=O)=O. The summed E-state index contributed by atoms with van der Waals surface area (Å²) in [5.74, 6) is 1.64. The van der Waals surface area contributed by atoms with Gasteiger partial charge in [-0.3, -0.25) is 9.89 Å². The average Bonchev–Trinajstić information content (AvgIpc) is 3.02. The Hall–Kier alpha value is -0.820. The number of rotatable bonds is 10.